The SMILES string of the molecule is CCONC1C[C@@H]([C@H](C)C[C@@H]2CC[C@@H](O)[C@H](OC)C2)OC(=O)[C@@H]2CCCCN2C(=O)C(=O)[C@]2(O)O[C@@H](CC[C@H]2C)C[C@H](OC)/C(C)=C/C=C/C=C/[C@@H](C)C[C@@H](C)C(=O)[C@H](OC)[C@H](O)/C(C)=C/[C@H]1C. The van der Waals surface area contributed by atoms with Crippen LogP contribution in [0.2, 0.25) is 0 Å². The van der Waals surface area contributed by atoms with E-state index in [0.29, 0.717) is 70.0 Å². The van der Waals surface area contributed by atoms with Crippen LogP contribution < -0.4 is 5.48 Å². The average Bonchev–Trinajstić information content (AvgIpc) is 3.32. The number of rotatable bonds is 9. The number of aliphatic hydroxyl groups is 3. The number of hydrogen-bond donors (Lipinski definition) is 4. The van der Waals surface area contributed by atoms with E-state index in [2.05, 4.69) is 5.48 Å². The van der Waals surface area contributed by atoms with Crippen LogP contribution in [0.5, 0.6) is 0 Å². The number of Topliss-reactive ketones (excluding diaryl/α,β-unsaturated/α-hetero) is 2. The summed E-state index contributed by atoms with van der Waals surface area (Å²) in [6.45, 7) is 15.6. The summed E-state index contributed by atoms with van der Waals surface area (Å²) in [5.41, 5.74) is 4.60. The molecular weight excluding hydrogens is 873 g/mol. The van der Waals surface area contributed by atoms with Crippen LogP contribution in [0.25, 0.3) is 0 Å². The van der Waals surface area contributed by atoms with Crippen LogP contribution in [0.3, 0.4) is 0 Å². The number of fused-ring (bicyclic) bond motifs is 3. The molecule has 1 saturated carbocycles. The topological polar surface area (TPSA) is 200 Å². The van der Waals surface area contributed by atoms with Crippen molar-refractivity contribution in [2.45, 2.75) is 193 Å². The molecule has 2 saturated heterocycles. The van der Waals surface area contributed by atoms with Gasteiger partial charge in [-0.25, -0.2) is 4.79 Å². The Morgan fingerprint density at radius 3 is 2.28 bits per heavy atom. The molecule has 16 atom stereocenters. The van der Waals surface area contributed by atoms with Gasteiger partial charge in [-0.05, 0) is 120 Å². The molecule has 0 spiro atoms. The Bertz CT molecular complexity index is 1770. The molecule has 15 nitrogen and oxygen atoms in total. The van der Waals surface area contributed by atoms with Crippen molar-refractivity contribution in [3.63, 3.8) is 0 Å². The number of carbonyl (C=O) groups excluding carboxylic acids is 4. The molecule has 4 N–H and O–H groups in total. The second kappa shape index (κ2) is 27.5. The van der Waals surface area contributed by atoms with E-state index in [1.807, 2.05) is 78.0 Å². The number of cyclic esters (lactones) is 1. The Labute approximate surface area is 406 Å². The highest BCUT2D eigenvalue weighted by atomic mass is 16.6. The van der Waals surface area contributed by atoms with Gasteiger partial charge in [0.15, 0.2) is 5.78 Å². The molecule has 4 rings (SSSR count). The van der Waals surface area contributed by atoms with Gasteiger partial charge >= 0.3 is 5.97 Å². The zero-order valence-electron chi connectivity index (χ0n) is 42.9. The van der Waals surface area contributed by atoms with E-state index in [-0.39, 0.29) is 54.9 Å². The lowest BCUT2D eigenvalue weighted by molar-refractivity contribution is -0.265. The summed E-state index contributed by atoms with van der Waals surface area (Å²) in [7, 11) is 4.62. The maximum atomic E-state index is 14.6. The van der Waals surface area contributed by atoms with Gasteiger partial charge in [-0.15, -0.1) is 0 Å². The van der Waals surface area contributed by atoms with E-state index in [1.165, 1.54) is 12.0 Å². The maximum absolute atomic E-state index is 14.6. The first kappa shape index (κ1) is 57.5. The van der Waals surface area contributed by atoms with Crippen LogP contribution in [-0.4, -0.2) is 139 Å². The molecule has 68 heavy (non-hydrogen) atoms. The Morgan fingerprint density at radius 1 is 0.868 bits per heavy atom. The number of methoxy groups -OCH3 is 3. The van der Waals surface area contributed by atoms with E-state index >= 15 is 0 Å². The third-order valence-corrected chi connectivity index (χ3v) is 15.1. The molecule has 3 heterocycles. The fourth-order valence-corrected chi connectivity index (χ4v) is 10.6. The van der Waals surface area contributed by atoms with E-state index in [9.17, 15) is 34.5 Å². The van der Waals surface area contributed by atoms with Gasteiger partial charge in [0.1, 0.15) is 24.4 Å². The van der Waals surface area contributed by atoms with E-state index < -0.39 is 84.0 Å². The Morgan fingerprint density at radius 2 is 1.60 bits per heavy atom. The zero-order chi connectivity index (χ0) is 50.3. The fraction of sp³-hybridized carbons (Fsp3) is 0.774. The number of nitrogens with one attached hydrogen (secondary N) is 1. The molecule has 1 aliphatic carbocycles. The lowest BCUT2D eigenvalue weighted by Gasteiger charge is -2.43. The summed E-state index contributed by atoms with van der Waals surface area (Å²) in [6.07, 6.45) is 12.9. The van der Waals surface area contributed by atoms with Gasteiger partial charge in [0, 0.05) is 58.6 Å². The first-order valence-electron chi connectivity index (χ1n) is 25.3. The van der Waals surface area contributed by atoms with Crippen molar-refractivity contribution in [1.29, 1.82) is 0 Å². The summed E-state index contributed by atoms with van der Waals surface area (Å²) in [6, 6.07) is -1.54. The zero-order valence-corrected chi connectivity index (χ0v) is 42.9. The monoisotopic (exact) mass is 959 g/mol. The third kappa shape index (κ3) is 15.4. The first-order valence-corrected chi connectivity index (χ1v) is 25.3. The lowest BCUT2D eigenvalue weighted by atomic mass is 9.78. The largest absolute Gasteiger partial charge is 0.460 e. The van der Waals surface area contributed by atoms with Gasteiger partial charge in [-0.2, -0.15) is 5.48 Å². The number of allylic oxidation sites excluding steroid dienone is 5. The van der Waals surface area contributed by atoms with Gasteiger partial charge in [0.25, 0.3) is 11.7 Å². The number of ether oxygens (including phenoxy) is 5. The molecule has 4 aliphatic rings. The Balaban J connectivity index is 1.75. The smallest absolute Gasteiger partial charge is 0.329 e. The van der Waals surface area contributed by atoms with Crippen LogP contribution in [0.1, 0.15) is 132 Å². The second-order valence-electron chi connectivity index (χ2n) is 20.4. The van der Waals surface area contributed by atoms with Crippen LogP contribution in [-0.2, 0) is 47.7 Å². The fourth-order valence-electron chi connectivity index (χ4n) is 10.6. The maximum Gasteiger partial charge on any atom is 0.329 e. The van der Waals surface area contributed by atoms with Crippen molar-refractivity contribution >= 4 is 23.4 Å². The predicted octanol–water partition coefficient (Wildman–Crippen LogP) is 6.52. The number of piperidine rings is 1. The van der Waals surface area contributed by atoms with Gasteiger partial charge in [-0.1, -0.05) is 71.1 Å². The molecule has 3 fully saturated rings. The lowest BCUT2D eigenvalue weighted by Crippen LogP contribution is -2.61. The van der Waals surface area contributed by atoms with E-state index in [0.717, 1.165) is 12.0 Å². The first-order chi connectivity index (χ1) is 32.3. The van der Waals surface area contributed by atoms with E-state index in [4.69, 9.17) is 28.5 Å². The molecule has 386 valence electrons. The molecule has 15 heteroatoms. The van der Waals surface area contributed by atoms with Crippen LogP contribution >= 0.6 is 0 Å². The quantitative estimate of drug-likeness (QED) is 0.0843. The minimum absolute atomic E-state index is 0.0404. The van der Waals surface area contributed by atoms with Gasteiger partial charge in [0.2, 0.25) is 5.79 Å². The summed E-state index contributed by atoms with van der Waals surface area (Å²) in [4.78, 5) is 64.2. The van der Waals surface area contributed by atoms with Crippen LogP contribution in [0.4, 0.5) is 0 Å². The van der Waals surface area contributed by atoms with E-state index in [1.54, 1.807) is 28.1 Å². The number of nitrogens with zero attached hydrogens (tertiary/aromatic N) is 1. The van der Waals surface area contributed by atoms with Crippen LogP contribution in [0, 0.1) is 35.5 Å². The second-order valence-corrected chi connectivity index (χ2v) is 20.4. The number of hydroxylamine groups is 1. The number of amides is 1. The molecule has 0 radical (unpaired) electrons. The van der Waals surface area contributed by atoms with Gasteiger partial charge in [-0.3, -0.25) is 14.4 Å². The van der Waals surface area contributed by atoms with Crippen molar-refractivity contribution in [3.05, 3.63) is 47.6 Å². The van der Waals surface area contributed by atoms with Gasteiger partial charge in [0.05, 0.1) is 31.0 Å². The van der Waals surface area contributed by atoms with Crippen molar-refractivity contribution in [1.82, 2.24) is 10.4 Å². The number of esters is 1. The minimum atomic E-state index is -2.41. The number of ketones is 2. The number of carbonyl (C=O) groups is 4. The highest BCUT2D eigenvalue weighted by Gasteiger charge is 2.53. The number of aliphatic hydroxyl groups excluding tert-OH is 2. The van der Waals surface area contributed by atoms with Gasteiger partial charge < -0.3 is 48.7 Å². The van der Waals surface area contributed by atoms with Crippen molar-refractivity contribution < 1.29 is 63.0 Å². The van der Waals surface area contributed by atoms with Crippen molar-refractivity contribution in [3.8, 4) is 0 Å². The Hall–Kier alpha value is -3.12. The third-order valence-electron chi connectivity index (χ3n) is 15.1. The van der Waals surface area contributed by atoms with Crippen molar-refractivity contribution in [2.24, 2.45) is 35.5 Å². The normalized spacial score (nSPS) is 40.2. The summed E-state index contributed by atoms with van der Waals surface area (Å²) in [5, 5.41) is 34.3. The molecule has 0 aromatic rings. The summed E-state index contributed by atoms with van der Waals surface area (Å²) in [5.74, 6) is -6.76. The van der Waals surface area contributed by atoms with Crippen LogP contribution in [0.15, 0.2) is 47.6 Å². The molecule has 2 bridgehead atoms. The molecule has 0 aromatic carbocycles. The number of hydrogen-bond acceptors (Lipinski definition) is 14. The standard InChI is InChI=1S/C53H86N2O13/c1-12-66-54-41-31-45(35(5)28-39-22-24-43(56)46(29-39)64-10)67-52(61)42-20-16-17-25-55(42)51(60)50(59)53(62)38(8)21-23-40(68-53)30-44(63-9)33(3)19-15-13-14-18-32(2)26-36(6)47(57)49(65-11)48(58)37(7)27-34(41)4/h13-15,18-19,27,32,34-36,38-46,48-49,54,56,58,62H,12,16-17,20-26,28-31H2,1-11H3/b15-13+,18-14+,33-19+,37-27+/t32-,34-,35-,36-,38-,39+,40+,41?,42+,43-,44+,45+,46-,48-,49+,53-/m1/s1. The Kier molecular flexibility index (Phi) is 23.2. The molecule has 3 aliphatic heterocycles. The molecule has 1 amide bonds. The minimum Gasteiger partial charge on any atom is -0.460 e. The summed E-state index contributed by atoms with van der Waals surface area (Å²) < 4.78 is 29.9. The molecule has 1 unspecified atom stereocenters. The predicted molar refractivity (Wildman–Crippen MR) is 259 cm³/mol. The molecular formula is C53H86N2O13. The van der Waals surface area contributed by atoms with Crippen molar-refractivity contribution in [2.75, 3.05) is 34.5 Å². The average molecular weight is 959 g/mol. The summed E-state index contributed by atoms with van der Waals surface area (Å²) >= 11 is 0. The highest BCUT2D eigenvalue weighted by molar-refractivity contribution is 6.39. The molecule has 0 aromatic heterocycles. The highest BCUT2D eigenvalue weighted by Crippen LogP contribution is 2.38.